The third kappa shape index (κ3) is 4.88. The first-order valence-electron chi connectivity index (χ1n) is 5.57. The van der Waals surface area contributed by atoms with Gasteiger partial charge in [0, 0.05) is 6.54 Å². The topological polar surface area (TPSA) is 104 Å². The smallest absolute Gasteiger partial charge is 0.410 e. The predicted molar refractivity (Wildman–Crippen MR) is 70.1 cm³/mol. The number of nitrogens with zero attached hydrogens (tertiary/aromatic N) is 1. The van der Waals surface area contributed by atoms with Crippen molar-refractivity contribution in [3.63, 3.8) is 0 Å². The van der Waals surface area contributed by atoms with Crippen LogP contribution >= 0.6 is 34.8 Å². The summed E-state index contributed by atoms with van der Waals surface area (Å²) in [7, 11) is 0. The van der Waals surface area contributed by atoms with Crippen molar-refractivity contribution < 1.29 is 29.3 Å². The van der Waals surface area contributed by atoms with E-state index in [1.54, 1.807) is 0 Å². The minimum absolute atomic E-state index is 0.0230. The standard InChI is InChI=1S/C10H12Cl3NO6/c11-10(12,13)4-20-9(19)14-3-5(7(15)16)1-2-6(14)8(17)18/h5-6H,1-4H2,(H,15,16)(H,17,18)/t5-,6-/m0/s1. The number of amides is 1. The minimum atomic E-state index is -1.82. The third-order valence-electron chi connectivity index (χ3n) is 2.81. The summed E-state index contributed by atoms with van der Waals surface area (Å²) >= 11 is 16.3. The van der Waals surface area contributed by atoms with Crippen LogP contribution in [0, 0.1) is 5.92 Å². The lowest BCUT2D eigenvalue weighted by atomic mass is 9.93. The molecule has 0 aliphatic carbocycles. The lowest BCUT2D eigenvalue weighted by molar-refractivity contribution is -0.150. The van der Waals surface area contributed by atoms with E-state index < -0.39 is 40.4 Å². The first kappa shape index (κ1) is 17.1. The fourth-order valence-corrected chi connectivity index (χ4v) is 2.02. The molecule has 1 aliphatic rings. The molecule has 0 saturated carbocycles. The van der Waals surface area contributed by atoms with E-state index in [9.17, 15) is 14.4 Å². The van der Waals surface area contributed by atoms with E-state index in [1.165, 1.54) is 0 Å². The number of carboxylic acids is 2. The van der Waals surface area contributed by atoms with E-state index in [-0.39, 0.29) is 19.4 Å². The number of piperidine rings is 1. The molecule has 0 bridgehead atoms. The molecule has 7 nitrogen and oxygen atoms in total. The highest BCUT2D eigenvalue weighted by molar-refractivity contribution is 6.67. The average molecular weight is 349 g/mol. The number of hydrogen-bond donors (Lipinski definition) is 2. The van der Waals surface area contributed by atoms with Gasteiger partial charge in [0.1, 0.15) is 12.6 Å². The Labute approximate surface area is 129 Å². The number of carboxylic acid groups (broad SMARTS) is 2. The van der Waals surface area contributed by atoms with Gasteiger partial charge in [0.05, 0.1) is 5.92 Å². The molecule has 1 rings (SSSR count). The first-order chi connectivity index (χ1) is 9.11. The van der Waals surface area contributed by atoms with Crippen LogP contribution in [0.1, 0.15) is 12.8 Å². The number of likely N-dealkylation sites (tertiary alicyclic amines) is 1. The molecule has 0 spiro atoms. The second-order valence-corrected chi connectivity index (χ2v) is 6.80. The maximum Gasteiger partial charge on any atom is 0.410 e. The number of carbonyl (C=O) groups excluding carboxylic acids is 1. The molecule has 0 aromatic heterocycles. The molecular weight excluding hydrogens is 336 g/mol. The zero-order valence-electron chi connectivity index (χ0n) is 10.1. The van der Waals surface area contributed by atoms with Gasteiger partial charge < -0.3 is 14.9 Å². The minimum Gasteiger partial charge on any atom is -0.481 e. The summed E-state index contributed by atoms with van der Waals surface area (Å²) < 4.78 is 2.87. The molecule has 0 aromatic rings. The number of carbonyl (C=O) groups is 3. The van der Waals surface area contributed by atoms with E-state index in [0.717, 1.165) is 4.90 Å². The van der Waals surface area contributed by atoms with Gasteiger partial charge in [0.2, 0.25) is 3.79 Å². The zero-order valence-corrected chi connectivity index (χ0v) is 12.4. The van der Waals surface area contributed by atoms with Gasteiger partial charge in [-0.25, -0.2) is 9.59 Å². The second kappa shape index (κ2) is 6.69. The van der Waals surface area contributed by atoms with E-state index in [2.05, 4.69) is 4.74 Å². The molecule has 10 heteroatoms. The SMILES string of the molecule is O=C(O)[C@H]1CC[C@@H](C(=O)O)N(C(=O)OCC(Cl)(Cl)Cl)C1. The maximum absolute atomic E-state index is 11.8. The Morgan fingerprint density at radius 3 is 2.20 bits per heavy atom. The van der Waals surface area contributed by atoms with Crippen molar-refractivity contribution >= 4 is 52.8 Å². The highest BCUT2D eigenvalue weighted by atomic mass is 35.6. The van der Waals surface area contributed by atoms with Crippen LogP contribution < -0.4 is 0 Å². The summed E-state index contributed by atoms with van der Waals surface area (Å²) in [5, 5.41) is 18.0. The van der Waals surface area contributed by atoms with Gasteiger partial charge in [0.15, 0.2) is 0 Å². The molecule has 114 valence electrons. The molecule has 0 aromatic carbocycles. The molecular formula is C10H12Cl3NO6. The van der Waals surface area contributed by atoms with Crippen LogP contribution in [0.3, 0.4) is 0 Å². The van der Waals surface area contributed by atoms with Gasteiger partial charge >= 0.3 is 18.0 Å². The van der Waals surface area contributed by atoms with Crippen LogP contribution in [0.15, 0.2) is 0 Å². The lowest BCUT2D eigenvalue weighted by Crippen LogP contribution is -2.52. The summed E-state index contributed by atoms with van der Waals surface area (Å²) in [6.45, 7) is -0.817. The summed E-state index contributed by atoms with van der Waals surface area (Å²) in [5.41, 5.74) is 0. The highest BCUT2D eigenvalue weighted by Gasteiger charge is 2.39. The van der Waals surface area contributed by atoms with Crippen LogP contribution in [-0.2, 0) is 14.3 Å². The van der Waals surface area contributed by atoms with Crippen LogP contribution in [0.2, 0.25) is 0 Å². The molecule has 1 amide bonds. The van der Waals surface area contributed by atoms with Gasteiger partial charge in [0.25, 0.3) is 0 Å². The third-order valence-corrected chi connectivity index (χ3v) is 3.14. The van der Waals surface area contributed by atoms with Crippen molar-refractivity contribution in [2.24, 2.45) is 5.92 Å². The molecule has 1 fully saturated rings. The van der Waals surface area contributed by atoms with E-state index in [4.69, 9.17) is 45.0 Å². The number of halogens is 3. The van der Waals surface area contributed by atoms with Crippen molar-refractivity contribution in [1.82, 2.24) is 4.90 Å². The number of aliphatic carboxylic acids is 2. The summed E-state index contributed by atoms with van der Waals surface area (Å²) in [5.74, 6) is -3.18. The predicted octanol–water partition coefficient (Wildman–Crippen LogP) is 1.74. The fourth-order valence-electron chi connectivity index (χ4n) is 1.86. The van der Waals surface area contributed by atoms with Gasteiger partial charge in [-0.2, -0.15) is 0 Å². The summed E-state index contributed by atoms with van der Waals surface area (Å²) in [6.07, 6.45) is -0.829. The molecule has 20 heavy (non-hydrogen) atoms. The molecule has 2 N–H and O–H groups in total. The van der Waals surface area contributed by atoms with Crippen LogP contribution in [0.5, 0.6) is 0 Å². The molecule has 1 aliphatic heterocycles. The van der Waals surface area contributed by atoms with Crippen molar-refractivity contribution in [3.05, 3.63) is 0 Å². The Bertz CT molecular complexity index is 410. The summed E-state index contributed by atoms with van der Waals surface area (Å²) in [6, 6.07) is -1.14. The fraction of sp³-hybridized carbons (Fsp3) is 0.700. The normalized spacial score (nSPS) is 23.2. The van der Waals surface area contributed by atoms with Gasteiger partial charge in [-0.05, 0) is 12.8 Å². The van der Waals surface area contributed by atoms with Crippen molar-refractivity contribution in [3.8, 4) is 0 Å². The van der Waals surface area contributed by atoms with Crippen LogP contribution in [0.25, 0.3) is 0 Å². The summed E-state index contributed by atoms with van der Waals surface area (Å²) in [4.78, 5) is 34.6. The van der Waals surface area contributed by atoms with Gasteiger partial charge in [-0.3, -0.25) is 9.69 Å². The quantitative estimate of drug-likeness (QED) is 0.753. The number of rotatable bonds is 3. The molecule has 0 unspecified atom stereocenters. The molecule has 1 heterocycles. The lowest BCUT2D eigenvalue weighted by Gasteiger charge is -2.35. The highest BCUT2D eigenvalue weighted by Crippen LogP contribution is 2.28. The maximum atomic E-state index is 11.8. The Balaban J connectivity index is 2.75. The Kier molecular flexibility index (Phi) is 5.73. The monoisotopic (exact) mass is 347 g/mol. The number of hydrogen-bond acceptors (Lipinski definition) is 4. The van der Waals surface area contributed by atoms with Crippen molar-refractivity contribution in [2.45, 2.75) is 22.7 Å². The van der Waals surface area contributed by atoms with Gasteiger partial charge in [-0.15, -0.1) is 0 Å². The molecule has 0 radical (unpaired) electrons. The number of alkyl halides is 3. The van der Waals surface area contributed by atoms with E-state index in [0.29, 0.717) is 0 Å². The van der Waals surface area contributed by atoms with Crippen LogP contribution in [-0.4, -0.2) is 56.1 Å². The Morgan fingerprint density at radius 1 is 1.15 bits per heavy atom. The number of ether oxygens (including phenoxy) is 1. The van der Waals surface area contributed by atoms with Crippen molar-refractivity contribution in [1.29, 1.82) is 0 Å². The Morgan fingerprint density at radius 2 is 1.75 bits per heavy atom. The Hall–Kier alpha value is -0.920. The molecule has 1 saturated heterocycles. The average Bonchev–Trinajstić information content (AvgIpc) is 2.34. The first-order valence-corrected chi connectivity index (χ1v) is 6.71. The zero-order chi connectivity index (χ0) is 15.5. The van der Waals surface area contributed by atoms with Crippen LogP contribution in [0.4, 0.5) is 4.79 Å². The largest absolute Gasteiger partial charge is 0.481 e. The van der Waals surface area contributed by atoms with E-state index >= 15 is 0 Å². The van der Waals surface area contributed by atoms with Gasteiger partial charge in [-0.1, -0.05) is 34.8 Å². The molecule has 2 atom stereocenters. The van der Waals surface area contributed by atoms with E-state index in [1.807, 2.05) is 0 Å². The van der Waals surface area contributed by atoms with Crippen molar-refractivity contribution in [2.75, 3.05) is 13.2 Å². The second-order valence-electron chi connectivity index (χ2n) is 4.29.